The van der Waals surface area contributed by atoms with Crippen LogP contribution in [0.25, 0.3) is 0 Å². The molecule has 0 aromatic carbocycles. The molecular formula is C10H16FN3. The van der Waals surface area contributed by atoms with Gasteiger partial charge < -0.3 is 10.6 Å². The van der Waals surface area contributed by atoms with Crippen molar-refractivity contribution in [2.24, 2.45) is 5.73 Å². The average Bonchev–Trinajstić information content (AvgIpc) is 2.18. The molecule has 0 saturated carbocycles. The maximum Gasteiger partial charge on any atom is 0.141 e. The Labute approximate surface area is 83.7 Å². The number of pyridine rings is 1. The lowest BCUT2D eigenvalue weighted by Gasteiger charge is -2.35. The van der Waals surface area contributed by atoms with Gasteiger partial charge >= 0.3 is 0 Å². The number of aromatic nitrogens is 1. The van der Waals surface area contributed by atoms with Crippen LogP contribution in [-0.2, 0) is 0 Å². The molecule has 0 aliphatic carbocycles. The number of hydrogen-bond donors (Lipinski definition) is 1. The van der Waals surface area contributed by atoms with Crippen LogP contribution in [0.3, 0.4) is 0 Å². The highest BCUT2D eigenvalue weighted by Gasteiger charge is 2.22. The number of rotatable bonds is 3. The molecule has 0 unspecified atom stereocenters. The van der Waals surface area contributed by atoms with E-state index in [1.165, 1.54) is 12.3 Å². The normalized spacial score (nSPS) is 11.5. The van der Waals surface area contributed by atoms with Gasteiger partial charge in [-0.15, -0.1) is 0 Å². The van der Waals surface area contributed by atoms with Gasteiger partial charge in [-0.3, -0.25) is 0 Å². The lowest BCUT2D eigenvalue weighted by atomic mass is 10.0. The molecule has 3 nitrogen and oxygen atoms in total. The molecule has 0 amide bonds. The van der Waals surface area contributed by atoms with Crippen molar-refractivity contribution in [1.82, 2.24) is 4.98 Å². The van der Waals surface area contributed by atoms with E-state index >= 15 is 0 Å². The Hall–Kier alpha value is -1.16. The quantitative estimate of drug-likeness (QED) is 0.796. The predicted octanol–water partition coefficient (Wildman–Crippen LogP) is 1.39. The maximum absolute atomic E-state index is 12.6. The van der Waals surface area contributed by atoms with Crippen LogP contribution in [0.4, 0.5) is 10.2 Å². The average molecular weight is 197 g/mol. The summed E-state index contributed by atoms with van der Waals surface area (Å²) in [5.74, 6) is 0.398. The first-order valence-electron chi connectivity index (χ1n) is 4.53. The van der Waals surface area contributed by atoms with Crippen LogP contribution in [0.5, 0.6) is 0 Å². The lowest BCUT2D eigenvalue weighted by Crippen LogP contribution is -2.47. The van der Waals surface area contributed by atoms with Crippen LogP contribution in [-0.4, -0.2) is 24.1 Å². The highest BCUT2D eigenvalue weighted by atomic mass is 19.1. The maximum atomic E-state index is 12.6. The van der Waals surface area contributed by atoms with Gasteiger partial charge in [0.1, 0.15) is 11.6 Å². The van der Waals surface area contributed by atoms with Gasteiger partial charge in [0.15, 0.2) is 0 Å². The molecule has 14 heavy (non-hydrogen) atoms. The van der Waals surface area contributed by atoms with Gasteiger partial charge in [0.25, 0.3) is 0 Å². The standard InChI is InChI=1S/C10H16FN3/c1-10(2,7-12)14(3)9-5-4-8(11)6-13-9/h4-6H,7,12H2,1-3H3. The highest BCUT2D eigenvalue weighted by Crippen LogP contribution is 2.18. The van der Waals surface area contributed by atoms with E-state index < -0.39 is 0 Å². The summed E-state index contributed by atoms with van der Waals surface area (Å²) in [7, 11) is 1.90. The minimum atomic E-state index is -0.326. The van der Waals surface area contributed by atoms with Gasteiger partial charge in [0.05, 0.1) is 6.20 Å². The fourth-order valence-corrected chi connectivity index (χ4v) is 1.01. The zero-order valence-corrected chi connectivity index (χ0v) is 8.79. The van der Waals surface area contributed by atoms with Crippen LogP contribution in [0.15, 0.2) is 18.3 Å². The van der Waals surface area contributed by atoms with Gasteiger partial charge in [-0.2, -0.15) is 0 Å². The summed E-state index contributed by atoms with van der Waals surface area (Å²) in [6.07, 6.45) is 1.21. The van der Waals surface area contributed by atoms with E-state index in [2.05, 4.69) is 4.98 Å². The summed E-state index contributed by atoms with van der Waals surface area (Å²) < 4.78 is 12.6. The van der Waals surface area contributed by atoms with Gasteiger partial charge in [0.2, 0.25) is 0 Å². The lowest BCUT2D eigenvalue weighted by molar-refractivity contribution is 0.493. The van der Waals surface area contributed by atoms with Crippen molar-refractivity contribution >= 4 is 5.82 Å². The number of nitrogens with zero attached hydrogens (tertiary/aromatic N) is 2. The van der Waals surface area contributed by atoms with Crippen molar-refractivity contribution in [1.29, 1.82) is 0 Å². The van der Waals surface area contributed by atoms with Crippen molar-refractivity contribution in [2.75, 3.05) is 18.5 Å². The first kappa shape index (κ1) is 10.9. The van der Waals surface area contributed by atoms with Crippen molar-refractivity contribution in [2.45, 2.75) is 19.4 Å². The van der Waals surface area contributed by atoms with E-state index in [9.17, 15) is 4.39 Å². The van der Waals surface area contributed by atoms with E-state index in [1.807, 2.05) is 25.8 Å². The van der Waals surface area contributed by atoms with Gasteiger partial charge in [-0.1, -0.05) is 0 Å². The monoisotopic (exact) mass is 197 g/mol. The smallest absolute Gasteiger partial charge is 0.141 e. The Morgan fingerprint density at radius 1 is 1.50 bits per heavy atom. The van der Waals surface area contributed by atoms with E-state index in [-0.39, 0.29) is 11.4 Å². The minimum absolute atomic E-state index is 0.176. The van der Waals surface area contributed by atoms with Crippen LogP contribution >= 0.6 is 0 Å². The molecule has 2 N–H and O–H groups in total. The summed E-state index contributed by atoms with van der Waals surface area (Å²) in [6, 6.07) is 3.04. The van der Waals surface area contributed by atoms with Crippen molar-refractivity contribution < 1.29 is 4.39 Å². The molecule has 4 heteroatoms. The topological polar surface area (TPSA) is 42.2 Å². The first-order chi connectivity index (χ1) is 6.47. The number of likely N-dealkylation sites (N-methyl/N-ethyl adjacent to an activating group) is 1. The molecular weight excluding hydrogens is 181 g/mol. The van der Waals surface area contributed by atoms with Gasteiger partial charge in [-0.05, 0) is 26.0 Å². The molecule has 78 valence electrons. The molecule has 0 spiro atoms. The van der Waals surface area contributed by atoms with E-state index in [1.54, 1.807) is 6.07 Å². The second-order valence-electron chi connectivity index (χ2n) is 3.91. The molecule has 0 atom stereocenters. The molecule has 0 saturated heterocycles. The number of anilines is 1. The molecule has 0 fully saturated rings. The van der Waals surface area contributed by atoms with Crippen LogP contribution in [0, 0.1) is 5.82 Å². The number of halogens is 1. The van der Waals surface area contributed by atoms with Crippen molar-refractivity contribution in [3.8, 4) is 0 Å². The fourth-order valence-electron chi connectivity index (χ4n) is 1.01. The summed E-state index contributed by atoms with van der Waals surface area (Å²) in [5.41, 5.74) is 5.46. The Kier molecular flexibility index (Phi) is 3.06. The first-order valence-corrected chi connectivity index (χ1v) is 4.53. The summed E-state index contributed by atoms with van der Waals surface area (Å²) in [5, 5.41) is 0. The summed E-state index contributed by atoms with van der Waals surface area (Å²) >= 11 is 0. The summed E-state index contributed by atoms with van der Waals surface area (Å²) in [6.45, 7) is 4.54. The zero-order chi connectivity index (χ0) is 10.8. The fraction of sp³-hybridized carbons (Fsp3) is 0.500. The van der Waals surface area contributed by atoms with E-state index in [0.29, 0.717) is 6.54 Å². The van der Waals surface area contributed by atoms with Crippen molar-refractivity contribution in [3.63, 3.8) is 0 Å². The second kappa shape index (κ2) is 3.92. The Morgan fingerprint density at radius 3 is 2.57 bits per heavy atom. The highest BCUT2D eigenvalue weighted by molar-refractivity contribution is 5.40. The zero-order valence-electron chi connectivity index (χ0n) is 8.79. The third-order valence-corrected chi connectivity index (χ3v) is 2.46. The minimum Gasteiger partial charge on any atom is -0.353 e. The molecule has 0 radical (unpaired) electrons. The number of hydrogen-bond acceptors (Lipinski definition) is 3. The van der Waals surface area contributed by atoms with Crippen LogP contribution in [0.2, 0.25) is 0 Å². The third kappa shape index (κ3) is 2.20. The van der Waals surface area contributed by atoms with Gasteiger partial charge in [0, 0.05) is 19.1 Å². The van der Waals surface area contributed by atoms with Crippen LogP contribution in [0.1, 0.15) is 13.8 Å². The molecule has 0 aliphatic rings. The molecule has 1 heterocycles. The molecule has 1 aromatic rings. The second-order valence-corrected chi connectivity index (χ2v) is 3.91. The Morgan fingerprint density at radius 2 is 2.14 bits per heavy atom. The molecule has 1 aromatic heterocycles. The molecule has 0 bridgehead atoms. The number of nitrogens with two attached hydrogens (primary N) is 1. The summed E-state index contributed by atoms with van der Waals surface area (Å²) in [4.78, 5) is 5.92. The Bertz CT molecular complexity index is 295. The Balaban J connectivity index is 2.89. The van der Waals surface area contributed by atoms with Gasteiger partial charge in [-0.25, -0.2) is 9.37 Å². The largest absolute Gasteiger partial charge is 0.353 e. The third-order valence-electron chi connectivity index (χ3n) is 2.46. The SMILES string of the molecule is CN(c1ccc(F)cn1)C(C)(C)CN. The van der Waals surface area contributed by atoms with Crippen LogP contribution < -0.4 is 10.6 Å². The predicted molar refractivity (Wildman–Crippen MR) is 55.7 cm³/mol. The van der Waals surface area contributed by atoms with E-state index in [0.717, 1.165) is 5.82 Å². The molecule has 1 rings (SSSR count). The molecule has 0 aliphatic heterocycles. The van der Waals surface area contributed by atoms with E-state index in [4.69, 9.17) is 5.73 Å². The van der Waals surface area contributed by atoms with Crippen molar-refractivity contribution in [3.05, 3.63) is 24.1 Å².